The average Bonchev–Trinajstić information content (AvgIpc) is 3.34. The fraction of sp³-hybridized carbons (Fsp3) is 0.937. The van der Waals surface area contributed by atoms with Crippen LogP contribution in [0.25, 0.3) is 0 Å². The molecule has 7 nitrogen and oxygen atoms in total. The van der Waals surface area contributed by atoms with Gasteiger partial charge in [-0.15, -0.1) is 0 Å². The summed E-state index contributed by atoms with van der Waals surface area (Å²) in [4.78, 5) is 52.0. The van der Waals surface area contributed by atoms with E-state index in [4.69, 9.17) is 14.2 Å². The van der Waals surface area contributed by atoms with E-state index in [0.717, 1.165) is 103 Å². The molecule has 0 N–H and O–H groups in total. The minimum Gasteiger partial charge on any atom is -0.466 e. The third kappa shape index (κ3) is 44.8. The number of hydrogen-bond acceptors (Lipinski definition) is 7. The Morgan fingerprint density at radius 1 is 0.314 bits per heavy atom. The second-order valence-corrected chi connectivity index (χ2v) is 22.3. The Labute approximate surface area is 435 Å². The molecular weight excluding hydrogens is 869 g/mol. The monoisotopic (exact) mass is 989 g/mol. The van der Waals surface area contributed by atoms with Crippen LogP contribution in [-0.2, 0) is 33.4 Å². The quantitative estimate of drug-likeness (QED) is 0.0340. The molecule has 0 rings (SSSR count). The second-order valence-electron chi connectivity index (χ2n) is 22.3. The molecule has 3 unspecified atom stereocenters. The Balaban J connectivity index is 5.45. The minimum absolute atomic E-state index is 0.0421. The molecule has 0 aromatic rings. The molecule has 0 aliphatic carbocycles. The lowest BCUT2D eigenvalue weighted by Gasteiger charge is -2.27. The topological polar surface area (TPSA) is 96.0 Å². The van der Waals surface area contributed by atoms with Crippen LogP contribution in [-0.4, -0.2) is 43.5 Å². The van der Waals surface area contributed by atoms with Gasteiger partial charge in [-0.3, -0.25) is 19.2 Å². The number of carbonyl (C=O) groups excluding carboxylic acids is 4. The highest BCUT2D eigenvalue weighted by atomic mass is 16.5. The van der Waals surface area contributed by atoms with E-state index >= 15 is 0 Å². The number of Topliss-reactive ketones (excluding diaryl/α,β-unsaturated/α-hetero) is 1. The molecule has 0 aromatic heterocycles. The highest BCUT2D eigenvalue weighted by Gasteiger charge is 2.27. The number of rotatable bonds is 55. The summed E-state index contributed by atoms with van der Waals surface area (Å²) in [6.45, 7) is 17.0. The fourth-order valence-electron chi connectivity index (χ4n) is 10.5. The van der Waals surface area contributed by atoms with Crippen LogP contribution in [0.5, 0.6) is 0 Å². The highest BCUT2D eigenvalue weighted by molar-refractivity contribution is 5.81. The molecule has 0 bridgehead atoms. The van der Waals surface area contributed by atoms with Gasteiger partial charge in [-0.05, 0) is 101 Å². The first-order valence-electron chi connectivity index (χ1n) is 31.1. The van der Waals surface area contributed by atoms with Gasteiger partial charge in [0.25, 0.3) is 0 Å². The van der Waals surface area contributed by atoms with Crippen molar-refractivity contribution in [3.8, 4) is 0 Å². The van der Waals surface area contributed by atoms with Crippen LogP contribution < -0.4 is 0 Å². The van der Waals surface area contributed by atoms with Crippen molar-refractivity contribution in [2.45, 2.75) is 331 Å². The zero-order valence-corrected chi connectivity index (χ0v) is 48.0. The van der Waals surface area contributed by atoms with Gasteiger partial charge in [-0.1, -0.05) is 228 Å². The molecule has 0 saturated heterocycles. The molecule has 0 aromatic carbocycles. The molecule has 0 radical (unpaired) electrons. The molecule has 0 saturated carbocycles. The van der Waals surface area contributed by atoms with Gasteiger partial charge < -0.3 is 14.2 Å². The smallest absolute Gasteiger partial charge is 0.305 e. The minimum atomic E-state index is -0.112. The predicted octanol–water partition coefficient (Wildman–Crippen LogP) is 19.6. The van der Waals surface area contributed by atoms with Crippen LogP contribution in [0.2, 0.25) is 0 Å². The molecule has 0 fully saturated rings. The van der Waals surface area contributed by atoms with Gasteiger partial charge in [0.1, 0.15) is 5.78 Å². The normalized spacial score (nSPS) is 13.3. The number of ketones is 1. The Bertz CT molecular complexity index is 1110. The fourth-order valence-corrected chi connectivity index (χ4v) is 10.5. The van der Waals surface area contributed by atoms with E-state index in [-0.39, 0.29) is 23.8 Å². The summed E-state index contributed by atoms with van der Waals surface area (Å²) >= 11 is 0. The second kappa shape index (κ2) is 52.0. The first-order chi connectivity index (χ1) is 34.1. The molecular formula is C63H120O7. The maximum absolute atomic E-state index is 14.2. The van der Waals surface area contributed by atoms with E-state index in [1.165, 1.54) is 154 Å². The van der Waals surface area contributed by atoms with Crippen molar-refractivity contribution in [2.75, 3.05) is 19.8 Å². The van der Waals surface area contributed by atoms with Crippen LogP contribution in [0.4, 0.5) is 0 Å². The maximum atomic E-state index is 14.2. The summed E-state index contributed by atoms with van der Waals surface area (Å²) in [5.74, 6) is 2.21. The average molecular weight is 990 g/mol. The van der Waals surface area contributed by atoms with Crippen LogP contribution >= 0.6 is 0 Å². The molecule has 3 atom stereocenters. The molecule has 414 valence electrons. The van der Waals surface area contributed by atoms with Gasteiger partial charge in [0, 0.05) is 31.6 Å². The summed E-state index contributed by atoms with van der Waals surface area (Å²) in [6.07, 6.45) is 48.1. The van der Waals surface area contributed by atoms with E-state index < -0.39 is 0 Å². The Hall–Kier alpha value is -1.92. The first-order valence-corrected chi connectivity index (χ1v) is 31.1. The Morgan fingerprint density at radius 3 is 1.01 bits per heavy atom. The van der Waals surface area contributed by atoms with Crippen molar-refractivity contribution < 1.29 is 33.4 Å². The zero-order chi connectivity index (χ0) is 51.6. The molecule has 0 aliphatic heterocycles. The lowest BCUT2D eigenvalue weighted by Crippen LogP contribution is -2.25. The van der Waals surface area contributed by atoms with Crippen molar-refractivity contribution in [3.05, 3.63) is 0 Å². The van der Waals surface area contributed by atoms with Crippen molar-refractivity contribution >= 4 is 23.7 Å². The first kappa shape index (κ1) is 68.1. The Kier molecular flexibility index (Phi) is 50.5. The van der Waals surface area contributed by atoms with Crippen molar-refractivity contribution in [1.29, 1.82) is 0 Å². The van der Waals surface area contributed by atoms with Gasteiger partial charge >= 0.3 is 17.9 Å². The van der Waals surface area contributed by atoms with Gasteiger partial charge in [-0.2, -0.15) is 0 Å². The summed E-state index contributed by atoms with van der Waals surface area (Å²) < 4.78 is 17.0. The largest absolute Gasteiger partial charge is 0.466 e. The van der Waals surface area contributed by atoms with E-state index in [1.807, 2.05) is 6.92 Å². The van der Waals surface area contributed by atoms with Crippen LogP contribution in [0.15, 0.2) is 0 Å². The van der Waals surface area contributed by atoms with Crippen molar-refractivity contribution in [1.82, 2.24) is 0 Å². The molecule has 70 heavy (non-hydrogen) atoms. The van der Waals surface area contributed by atoms with E-state index in [1.54, 1.807) is 0 Å². The van der Waals surface area contributed by atoms with Gasteiger partial charge in [0.15, 0.2) is 0 Å². The predicted molar refractivity (Wildman–Crippen MR) is 298 cm³/mol. The lowest BCUT2D eigenvalue weighted by molar-refractivity contribution is -0.146. The van der Waals surface area contributed by atoms with Crippen LogP contribution in [0.3, 0.4) is 0 Å². The number of ether oxygens (including phenoxy) is 3. The lowest BCUT2D eigenvalue weighted by atomic mass is 9.77. The number of hydrogen-bond donors (Lipinski definition) is 0. The van der Waals surface area contributed by atoms with Crippen LogP contribution in [0.1, 0.15) is 331 Å². The molecule has 0 spiro atoms. The maximum Gasteiger partial charge on any atom is 0.305 e. The van der Waals surface area contributed by atoms with Gasteiger partial charge in [0.05, 0.1) is 19.8 Å². The number of unbranched alkanes of at least 4 members (excludes halogenated alkanes) is 24. The summed E-state index contributed by atoms with van der Waals surface area (Å²) in [7, 11) is 0. The van der Waals surface area contributed by atoms with E-state index in [0.29, 0.717) is 75.0 Å². The Morgan fingerprint density at radius 2 is 0.629 bits per heavy atom. The molecule has 0 heterocycles. The van der Waals surface area contributed by atoms with Gasteiger partial charge in [-0.25, -0.2) is 0 Å². The standard InChI is InChI=1S/C63H120O7/c1-8-13-17-21-24-32-44-56(42-30-19-15-10-3)53-69-62(66)51-38-28-34-46-58(59(48-40-41-55(6)7)60(64)49-36-26-23-27-37-50-61(65)68-12-5)47-35-29-39-52-63(67)70-54-57(43-31-20-16-11-4)45-33-25-22-18-14-9-2/h55-59H,8-54H2,1-7H3. The number of esters is 3. The van der Waals surface area contributed by atoms with E-state index in [2.05, 4.69) is 41.5 Å². The summed E-state index contributed by atoms with van der Waals surface area (Å²) in [5, 5.41) is 0. The summed E-state index contributed by atoms with van der Waals surface area (Å²) in [6, 6.07) is 0. The SMILES string of the molecule is CCCCCCCCC(CCCCCC)COC(=O)CCCCCC(CCCCCC(=O)OCC(CCCCCC)CCCCCCCC)C(CCCC(C)C)C(=O)CCCCCCCC(=O)OCC. The third-order valence-electron chi connectivity index (χ3n) is 15.1. The molecule has 0 aliphatic rings. The zero-order valence-electron chi connectivity index (χ0n) is 48.0. The summed E-state index contributed by atoms with van der Waals surface area (Å²) in [5.41, 5.74) is 0. The number of carbonyl (C=O) groups is 4. The van der Waals surface area contributed by atoms with Gasteiger partial charge in [0.2, 0.25) is 0 Å². The third-order valence-corrected chi connectivity index (χ3v) is 15.1. The van der Waals surface area contributed by atoms with E-state index in [9.17, 15) is 19.2 Å². The molecule has 0 amide bonds. The van der Waals surface area contributed by atoms with Crippen molar-refractivity contribution in [3.63, 3.8) is 0 Å². The molecule has 7 heteroatoms. The highest BCUT2D eigenvalue weighted by Crippen LogP contribution is 2.32. The van der Waals surface area contributed by atoms with Crippen molar-refractivity contribution in [2.24, 2.45) is 29.6 Å². The van der Waals surface area contributed by atoms with Crippen LogP contribution in [0, 0.1) is 29.6 Å².